The molecule has 0 aromatic heterocycles. The zero-order valence-electron chi connectivity index (χ0n) is 12.0. The smallest absolute Gasteiger partial charge is 0.170 e. The molecule has 110 valence electrons. The highest BCUT2D eigenvalue weighted by atomic mass is 19.1. The predicted molar refractivity (Wildman–Crippen MR) is 82.2 cm³/mol. The van der Waals surface area contributed by atoms with Crippen LogP contribution in [-0.4, -0.2) is 18.1 Å². The van der Waals surface area contributed by atoms with Gasteiger partial charge in [0, 0.05) is 24.8 Å². The Labute approximate surface area is 123 Å². The van der Waals surface area contributed by atoms with E-state index in [4.69, 9.17) is 10.9 Å². The molecular formula is C16H18FN3O. The largest absolute Gasteiger partial charge is 0.409 e. The Hall–Kier alpha value is -2.56. The Bertz CT molecular complexity index is 670. The molecule has 0 amide bonds. The van der Waals surface area contributed by atoms with Crippen LogP contribution in [0.15, 0.2) is 47.6 Å². The molecule has 0 saturated carbocycles. The number of hydrogen-bond donors (Lipinski definition) is 2. The van der Waals surface area contributed by atoms with Crippen molar-refractivity contribution >= 4 is 11.5 Å². The van der Waals surface area contributed by atoms with Gasteiger partial charge in [0.05, 0.1) is 0 Å². The molecule has 0 radical (unpaired) electrons. The molecule has 0 heterocycles. The van der Waals surface area contributed by atoms with Crippen LogP contribution in [0.5, 0.6) is 0 Å². The number of benzene rings is 2. The van der Waals surface area contributed by atoms with Gasteiger partial charge in [0.2, 0.25) is 0 Å². The van der Waals surface area contributed by atoms with Gasteiger partial charge < -0.3 is 15.8 Å². The summed E-state index contributed by atoms with van der Waals surface area (Å²) in [4.78, 5) is 2.01. The SMILES string of the molecule is Cc1cccc(N(C)Cc2cc(F)cc(/C(N)=N/O)c2)c1. The standard InChI is InChI=1S/C16H18FN3O/c1-11-4-3-5-15(6-11)20(2)10-12-7-13(16(18)19-21)9-14(17)8-12/h3-9,21H,10H2,1-2H3,(H2,18,19). The molecule has 3 N–H and O–H groups in total. The molecule has 0 atom stereocenters. The number of amidine groups is 1. The molecule has 21 heavy (non-hydrogen) atoms. The summed E-state index contributed by atoms with van der Waals surface area (Å²) in [6.45, 7) is 2.54. The Morgan fingerprint density at radius 1 is 1.29 bits per heavy atom. The number of oxime groups is 1. The molecule has 0 aliphatic carbocycles. The van der Waals surface area contributed by atoms with Gasteiger partial charge in [-0.3, -0.25) is 0 Å². The summed E-state index contributed by atoms with van der Waals surface area (Å²) >= 11 is 0. The van der Waals surface area contributed by atoms with Crippen LogP contribution >= 0.6 is 0 Å². The van der Waals surface area contributed by atoms with Gasteiger partial charge in [-0.05, 0) is 48.4 Å². The topological polar surface area (TPSA) is 61.8 Å². The summed E-state index contributed by atoms with van der Waals surface area (Å²) in [6, 6.07) is 12.5. The van der Waals surface area contributed by atoms with Crippen LogP contribution in [0.4, 0.5) is 10.1 Å². The number of nitrogens with zero attached hydrogens (tertiary/aromatic N) is 2. The number of hydrogen-bond acceptors (Lipinski definition) is 3. The fourth-order valence-corrected chi connectivity index (χ4v) is 2.18. The van der Waals surface area contributed by atoms with Gasteiger partial charge in [-0.1, -0.05) is 17.3 Å². The molecule has 0 bridgehead atoms. The number of halogens is 1. The van der Waals surface area contributed by atoms with Crippen molar-refractivity contribution < 1.29 is 9.60 Å². The summed E-state index contributed by atoms with van der Waals surface area (Å²) in [5.74, 6) is -0.513. The summed E-state index contributed by atoms with van der Waals surface area (Å²) in [6.07, 6.45) is 0. The van der Waals surface area contributed by atoms with E-state index >= 15 is 0 Å². The maximum Gasteiger partial charge on any atom is 0.170 e. The second-order valence-corrected chi connectivity index (χ2v) is 5.03. The van der Waals surface area contributed by atoms with Crippen LogP contribution < -0.4 is 10.6 Å². The highest BCUT2D eigenvalue weighted by molar-refractivity contribution is 5.97. The van der Waals surface area contributed by atoms with Crippen LogP contribution in [-0.2, 0) is 6.54 Å². The lowest BCUT2D eigenvalue weighted by Gasteiger charge is -2.20. The van der Waals surface area contributed by atoms with E-state index in [2.05, 4.69) is 11.2 Å². The molecule has 2 aromatic carbocycles. The third-order valence-electron chi connectivity index (χ3n) is 3.22. The van der Waals surface area contributed by atoms with Gasteiger partial charge in [0.25, 0.3) is 0 Å². The first-order valence-electron chi connectivity index (χ1n) is 6.55. The van der Waals surface area contributed by atoms with Crippen molar-refractivity contribution in [2.75, 3.05) is 11.9 Å². The van der Waals surface area contributed by atoms with Gasteiger partial charge in [-0.25, -0.2) is 4.39 Å². The maximum atomic E-state index is 13.6. The molecule has 2 rings (SSSR count). The van der Waals surface area contributed by atoms with Gasteiger partial charge >= 0.3 is 0 Å². The lowest BCUT2D eigenvalue weighted by Crippen LogP contribution is -2.18. The van der Waals surface area contributed by atoms with Gasteiger partial charge in [0.15, 0.2) is 5.84 Å². The quantitative estimate of drug-likeness (QED) is 0.393. The number of anilines is 1. The Kier molecular flexibility index (Phi) is 4.42. The minimum absolute atomic E-state index is 0.103. The molecule has 0 saturated heterocycles. The summed E-state index contributed by atoms with van der Waals surface area (Å²) in [5.41, 5.74) is 8.84. The van der Waals surface area contributed by atoms with Crippen LogP contribution in [0.2, 0.25) is 0 Å². The van der Waals surface area contributed by atoms with Crippen LogP contribution in [0.1, 0.15) is 16.7 Å². The van der Waals surface area contributed by atoms with E-state index in [9.17, 15) is 4.39 Å². The lowest BCUT2D eigenvalue weighted by molar-refractivity contribution is 0.318. The normalized spacial score (nSPS) is 11.5. The van der Waals surface area contributed by atoms with Crippen LogP contribution in [0.25, 0.3) is 0 Å². The first-order valence-corrected chi connectivity index (χ1v) is 6.55. The third kappa shape index (κ3) is 3.72. The molecule has 0 aliphatic heterocycles. The van der Waals surface area contributed by atoms with Gasteiger partial charge in [-0.2, -0.15) is 0 Å². The Morgan fingerprint density at radius 2 is 2.05 bits per heavy atom. The molecule has 0 fully saturated rings. The molecule has 2 aromatic rings. The average Bonchev–Trinajstić information content (AvgIpc) is 2.45. The summed E-state index contributed by atoms with van der Waals surface area (Å²) in [5, 5.41) is 11.6. The van der Waals surface area contributed by atoms with Crippen LogP contribution in [0, 0.1) is 12.7 Å². The van der Waals surface area contributed by atoms with E-state index in [1.165, 1.54) is 12.1 Å². The van der Waals surface area contributed by atoms with Gasteiger partial charge in [-0.15, -0.1) is 0 Å². The predicted octanol–water partition coefficient (Wildman–Crippen LogP) is 2.87. The Morgan fingerprint density at radius 3 is 2.71 bits per heavy atom. The van der Waals surface area contributed by atoms with Crippen LogP contribution in [0.3, 0.4) is 0 Å². The zero-order valence-corrected chi connectivity index (χ0v) is 12.0. The van der Waals surface area contributed by atoms with Crippen molar-refractivity contribution in [2.24, 2.45) is 10.9 Å². The van der Waals surface area contributed by atoms with Crippen molar-refractivity contribution in [1.29, 1.82) is 0 Å². The first kappa shape index (κ1) is 14.8. The molecule has 0 unspecified atom stereocenters. The minimum Gasteiger partial charge on any atom is -0.409 e. The monoisotopic (exact) mass is 287 g/mol. The highest BCUT2D eigenvalue weighted by Gasteiger charge is 2.08. The second kappa shape index (κ2) is 6.26. The molecule has 4 nitrogen and oxygen atoms in total. The Balaban J connectivity index is 2.25. The highest BCUT2D eigenvalue weighted by Crippen LogP contribution is 2.18. The summed E-state index contributed by atoms with van der Waals surface area (Å²) < 4.78 is 13.6. The number of rotatable bonds is 4. The molecular weight excluding hydrogens is 269 g/mol. The fourth-order valence-electron chi connectivity index (χ4n) is 2.18. The van der Waals surface area contributed by atoms with Crippen molar-refractivity contribution in [1.82, 2.24) is 0 Å². The minimum atomic E-state index is -0.410. The molecule has 5 heteroatoms. The summed E-state index contributed by atoms with van der Waals surface area (Å²) in [7, 11) is 1.93. The second-order valence-electron chi connectivity index (χ2n) is 5.03. The fraction of sp³-hybridized carbons (Fsp3) is 0.188. The third-order valence-corrected chi connectivity index (χ3v) is 3.22. The molecule has 0 aliphatic rings. The maximum absolute atomic E-state index is 13.6. The molecule has 0 spiro atoms. The first-order chi connectivity index (χ1) is 9.99. The lowest BCUT2D eigenvalue weighted by atomic mass is 10.1. The van der Waals surface area contributed by atoms with Crippen molar-refractivity contribution in [2.45, 2.75) is 13.5 Å². The number of nitrogens with two attached hydrogens (primary N) is 1. The number of aryl methyl sites for hydroxylation is 1. The van der Waals surface area contributed by atoms with E-state index in [0.29, 0.717) is 12.1 Å². The van der Waals surface area contributed by atoms with E-state index in [1.54, 1.807) is 6.07 Å². The van der Waals surface area contributed by atoms with Crippen molar-refractivity contribution in [3.63, 3.8) is 0 Å². The van der Waals surface area contributed by atoms with Gasteiger partial charge in [0.1, 0.15) is 5.82 Å². The van der Waals surface area contributed by atoms with E-state index in [1.807, 2.05) is 37.1 Å². The van der Waals surface area contributed by atoms with Crippen molar-refractivity contribution in [3.05, 3.63) is 65.0 Å². The average molecular weight is 287 g/mol. The zero-order chi connectivity index (χ0) is 15.4. The van der Waals surface area contributed by atoms with E-state index < -0.39 is 5.82 Å². The van der Waals surface area contributed by atoms with E-state index in [-0.39, 0.29) is 5.84 Å². The van der Waals surface area contributed by atoms with E-state index in [0.717, 1.165) is 16.8 Å². The van der Waals surface area contributed by atoms with Crippen molar-refractivity contribution in [3.8, 4) is 0 Å².